The Morgan fingerprint density at radius 1 is 1.24 bits per heavy atom. The van der Waals surface area contributed by atoms with Crippen LogP contribution in [-0.2, 0) is 12.8 Å². The molecule has 0 unspecified atom stereocenters. The molecule has 2 aromatic heterocycles. The van der Waals surface area contributed by atoms with Gasteiger partial charge in [-0.2, -0.15) is 10.4 Å². The minimum atomic E-state index is -0.192. The first-order valence-electron chi connectivity index (χ1n) is 8.22. The highest BCUT2D eigenvalue weighted by Crippen LogP contribution is 2.37. The third-order valence-electron chi connectivity index (χ3n) is 4.41. The van der Waals surface area contributed by atoms with Crippen LogP contribution in [0.3, 0.4) is 0 Å². The fraction of sp³-hybridized carbons (Fsp3) is 0.211. The van der Waals surface area contributed by atoms with E-state index in [0.29, 0.717) is 16.1 Å². The number of thiophene rings is 1. The molecule has 0 fully saturated rings. The summed E-state index contributed by atoms with van der Waals surface area (Å²) in [6.45, 7) is 0. The van der Waals surface area contributed by atoms with Crippen LogP contribution >= 0.6 is 11.3 Å². The highest BCUT2D eigenvalue weighted by Gasteiger charge is 2.22. The molecule has 1 aliphatic rings. The van der Waals surface area contributed by atoms with Gasteiger partial charge in [-0.25, -0.2) is 4.68 Å². The zero-order valence-corrected chi connectivity index (χ0v) is 14.3. The highest BCUT2D eigenvalue weighted by atomic mass is 32.1. The molecule has 25 heavy (non-hydrogen) atoms. The van der Waals surface area contributed by atoms with Gasteiger partial charge in [0, 0.05) is 22.8 Å². The summed E-state index contributed by atoms with van der Waals surface area (Å²) >= 11 is 1.54. The third-order valence-corrected chi connectivity index (χ3v) is 5.62. The lowest BCUT2D eigenvalue weighted by atomic mass is 9.96. The number of nitrogens with zero attached hydrogens (tertiary/aromatic N) is 3. The van der Waals surface area contributed by atoms with Crippen molar-refractivity contribution in [2.75, 3.05) is 5.32 Å². The summed E-state index contributed by atoms with van der Waals surface area (Å²) < 4.78 is 1.74. The summed E-state index contributed by atoms with van der Waals surface area (Å²) in [6.07, 6.45) is 7.76. The SMILES string of the molecule is N#Cc1c(NC(=O)c2ccc(-n3cccn3)cc2)sc2c1CCCC2. The van der Waals surface area contributed by atoms with Gasteiger partial charge in [0.15, 0.2) is 0 Å². The number of amides is 1. The van der Waals surface area contributed by atoms with Crippen molar-refractivity contribution in [3.05, 3.63) is 64.3 Å². The lowest BCUT2D eigenvalue weighted by Gasteiger charge is -2.09. The molecule has 0 saturated carbocycles. The maximum absolute atomic E-state index is 12.6. The molecule has 0 saturated heterocycles. The van der Waals surface area contributed by atoms with E-state index in [9.17, 15) is 10.1 Å². The number of hydrogen-bond acceptors (Lipinski definition) is 4. The summed E-state index contributed by atoms with van der Waals surface area (Å²) in [4.78, 5) is 13.8. The fourth-order valence-corrected chi connectivity index (χ4v) is 4.37. The minimum absolute atomic E-state index is 0.192. The Hall–Kier alpha value is -2.91. The second kappa shape index (κ2) is 6.54. The average molecular weight is 348 g/mol. The first-order valence-corrected chi connectivity index (χ1v) is 9.04. The molecule has 2 heterocycles. The molecule has 1 amide bonds. The zero-order valence-electron chi connectivity index (χ0n) is 13.5. The second-order valence-electron chi connectivity index (χ2n) is 5.98. The first kappa shape index (κ1) is 15.6. The molecular formula is C19H16N4OS. The predicted octanol–water partition coefficient (Wildman–Crippen LogP) is 3.94. The van der Waals surface area contributed by atoms with Gasteiger partial charge in [-0.05, 0) is 61.6 Å². The van der Waals surface area contributed by atoms with Crippen LogP contribution in [0.1, 0.15) is 39.2 Å². The predicted molar refractivity (Wildman–Crippen MR) is 97.2 cm³/mol. The number of aryl methyl sites for hydroxylation is 1. The van der Waals surface area contributed by atoms with E-state index < -0.39 is 0 Å². The molecule has 0 spiro atoms. The number of nitrogens with one attached hydrogen (secondary N) is 1. The number of nitriles is 1. The minimum Gasteiger partial charge on any atom is -0.312 e. The topological polar surface area (TPSA) is 70.7 Å². The van der Waals surface area contributed by atoms with Gasteiger partial charge in [-0.15, -0.1) is 11.3 Å². The van der Waals surface area contributed by atoms with Crippen molar-refractivity contribution in [3.63, 3.8) is 0 Å². The zero-order chi connectivity index (χ0) is 17.2. The molecule has 0 atom stereocenters. The standard InChI is InChI=1S/C19H16N4OS/c20-12-16-15-4-1-2-5-17(15)25-19(16)22-18(24)13-6-8-14(9-7-13)23-11-3-10-21-23/h3,6-11H,1-2,4-5H2,(H,22,24). The molecular weight excluding hydrogens is 332 g/mol. The van der Waals surface area contributed by atoms with Gasteiger partial charge in [-0.3, -0.25) is 4.79 Å². The molecule has 124 valence electrons. The molecule has 4 rings (SSSR count). The van der Waals surface area contributed by atoms with Crippen LogP contribution in [0.2, 0.25) is 0 Å². The molecule has 5 nitrogen and oxygen atoms in total. The van der Waals surface area contributed by atoms with E-state index >= 15 is 0 Å². The molecule has 0 radical (unpaired) electrons. The van der Waals surface area contributed by atoms with Crippen LogP contribution in [-0.4, -0.2) is 15.7 Å². The van der Waals surface area contributed by atoms with Crippen LogP contribution in [0, 0.1) is 11.3 Å². The molecule has 0 aliphatic heterocycles. The number of anilines is 1. The summed E-state index contributed by atoms with van der Waals surface area (Å²) in [5.41, 5.74) is 3.22. The van der Waals surface area contributed by atoms with Crippen LogP contribution in [0.25, 0.3) is 5.69 Å². The maximum atomic E-state index is 12.6. The smallest absolute Gasteiger partial charge is 0.256 e. The monoisotopic (exact) mass is 348 g/mol. The molecule has 1 aromatic carbocycles. The van der Waals surface area contributed by atoms with E-state index in [0.717, 1.165) is 36.9 Å². The Balaban J connectivity index is 1.56. The van der Waals surface area contributed by atoms with Crippen molar-refractivity contribution in [1.29, 1.82) is 5.26 Å². The van der Waals surface area contributed by atoms with Crippen molar-refractivity contribution < 1.29 is 4.79 Å². The number of hydrogen-bond donors (Lipinski definition) is 1. The molecule has 3 aromatic rings. The summed E-state index contributed by atoms with van der Waals surface area (Å²) in [7, 11) is 0. The van der Waals surface area contributed by atoms with Crippen molar-refractivity contribution in [3.8, 4) is 11.8 Å². The lowest BCUT2D eigenvalue weighted by molar-refractivity contribution is 0.102. The number of benzene rings is 1. The molecule has 6 heteroatoms. The Bertz CT molecular complexity index is 949. The normalized spacial score (nSPS) is 13.1. The summed E-state index contributed by atoms with van der Waals surface area (Å²) in [6, 6.07) is 11.4. The van der Waals surface area contributed by atoms with Crippen LogP contribution in [0.5, 0.6) is 0 Å². The van der Waals surface area contributed by atoms with Gasteiger partial charge in [-0.1, -0.05) is 0 Å². The molecule has 1 aliphatic carbocycles. The number of fused-ring (bicyclic) bond motifs is 1. The van der Waals surface area contributed by atoms with Crippen molar-refractivity contribution in [1.82, 2.24) is 9.78 Å². The quantitative estimate of drug-likeness (QED) is 0.779. The lowest BCUT2D eigenvalue weighted by Crippen LogP contribution is -2.12. The molecule has 0 bridgehead atoms. The number of carbonyl (C=O) groups excluding carboxylic acids is 1. The van der Waals surface area contributed by atoms with Crippen LogP contribution in [0.4, 0.5) is 5.00 Å². The third kappa shape index (κ3) is 2.94. The summed E-state index contributed by atoms with van der Waals surface area (Å²) in [5, 5.41) is 17.3. The van der Waals surface area contributed by atoms with E-state index in [-0.39, 0.29) is 5.91 Å². The van der Waals surface area contributed by atoms with Crippen molar-refractivity contribution in [2.45, 2.75) is 25.7 Å². The van der Waals surface area contributed by atoms with E-state index in [1.807, 2.05) is 24.4 Å². The Morgan fingerprint density at radius 3 is 2.76 bits per heavy atom. The second-order valence-corrected chi connectivity index (χ2v) is 7.08. The fourth-order valence-electron chi connectivity index (χ4n) is 3.13. The molecule has 1 N–H and O–H groups in total. The Kier molecular flexibility index (Phi) is 4.08. The van der Waals surface area contributed by atoms with Gasteiger partial charge < -0.3 is 5.32 Å². The number of carbonyl (C=O) groups is 1. The maximum Gasteiger partial charge on any atom is 0.256 e. The van der Waals surface area contributed by atoms with Crippen LogP contribution in [0.15, 0.2) is 42.7 Å². The van der Waals surface area contributed by atoms with Gasteiger partial charge in [0.25, 0.3) is 5.91 Å². The Labute approximate surface area is 149 Å². The van der Waals surface area contributed by atoms with E-state index in [1.54, 1.807) is 34.3 Å². The van der Waals surface area contributed by atoms with Crippen molar-refractivity contribution in [2.24, 2.45) is 0 Å². The number of rotatable bonds is 3. The van der Waals surface area contributed by atoms with Gasteiger partial charge in [0.2, 0.25) is 0 Å². The number of aromatic nitrogens is 2. The average Bonchev–Trinajstić information content (AvgIpc) is 3.29. The van der Waals surface area contributed by atoms with E-state index in [1.165, 1.54) is 4.88 Å². The highest BCUT2D eigenvalue weighted by molar-refractivity contribution is 7.16. The first-order chi connectivity index (χ1) is 12.3. The van der Waals surface area contributed by atoms with Gasteiger partial charge in [0.1, 0.15) is 11.1 Å². The summed E-state index contributed by atoms with van der Waals surface area (Å²) in [5.74, 6) is -0.192. The Morgan fingerprint density at radius 2 is 2.04 bits per heavy atom. The van der Waals surface area contributed by atoms with E-state index in [2.05, 4.69) is 16.5 Å². The van der Waals surface area contributed by atoms with Gasteiger partial charge in [0.05, 0.1) is 11.3 Å². The van der Waals surface area contributed by atoms with Gasteiger partial charge >= 0.3 is 0 Å². The largest absolute Gasteiger partial charge is 0.312 e. The van der Waals surface area contributed by atoms with E-state index in [4.69, 9.17) is 0 Å². The van der Waals surface area contributed by atoms with Crippen molar-refractivity contribution >= 4 is 22.2 Å². The van der Waals surface area contributed by atoms with Crippen LogP contribution < -0.4 is 5.32 Å².